The highest BCUT2D eigenvalue weighted by Gasteiger charge is 2.31. The van der Waals surface area contributed by atoms with Gasteiger partial charge in [-0.3, -0.25) is 9.36 Å². The zero-order valence-corrected chi connectivity index (χ0v) is 21.7. The van der Waals surface area contributed by atoms with E-state index in [1.54, 1.807) is 30.9 Å². The highest BCUT2D eigenvalue weighted by Crippen LogP contribution is 2.37. The van der Waals surface area contributed by atoms with Gasteiger partial charge in [0.15, 0.2) is 0 Å². The predicted molar refractivity (Wildman–Crippen MR) is 142 cm³/mol. The Morgan fingerprint density at radius 2 is 1.75 bits per heavy atom. The summed E-state index contributed by atoms with van der Waals surface area (Å²) in [6, 6.07) is 14.3. The van der Waals surface area contributed by atoms with Crippen molar-refractivity contribution in [2.75, 3.05) is 20.8 Å². The second-order valence-electron chi connectivity index (χ2n) is 9.35. The highest BCUT2D eigenvalue weighted by molar-refractivity contribution is 5.58. The van der Waals surface area contributed by atoms with Crippen LogP contribution >= 0.6 is 0 Å². The monoisotopic (exact) mass is 491 g/mol. The first-order valence-corrected chi connectivity index (χ1v) is 12.9. The van der Waals surface area contributed by atoms with E-state index in [2.05, 4.69) is 48.4 Å². The number of para-hydroxylation sites is 1. The van der Waals surface area contributed by atoms with Crippen LogP contribution in [-0.2, 0) is 12.8 Å². The largest absolute Gasteiger partial charge is 0.494 e. The molecule has 192 valence electrons. The molecule has 1 fully saturated rings. The molecule has 3 aromatic rings. The van der Waals surface area contributed by atoms with Crippen molar-refractivity contribution in [3.05, 3.63) is 75.3 Å². The summed E-state index contributed by atoms with van der Waals surface area (Å²) in [6.07, 6.45) is 4.99. The standard InChI is InChI=1S/C29H37N3O4/c1-5-7-11-26-31-28(33)22(29(34)32(26)27-24(35-3)9-8-10-25(27)36-4)18-19-12-14-20(15-13-19)21-16-17-23(21)30-6-2/h8-10,12-15,21,23,30,33H,5-7,11,16-18H2,1-4H3. The molecule has 2 atom stereocenters. The molecule has 36 heavy (non-hydrogen) atoms. The first-order chi connectivity index (χ1) is 17.5. The van der Waals surface area contributed by atoms with Gasteiger partial charge in [0.1, 0.15) is 23.0 Å². The molecule has 4 rings (SSSR count). The van der Waals surface area contributed by atoms with Crippen LogP contribution in [0.25, 0.3) is 5.69 Å². The number of hydrogen-bond acceptors (Lipinski definition) is 6. The third-order valence-corrected chi connectivity index (χ3v) is 7.13. The van der Waals surface area contributed by atoms with Gasteiger partial charge in [-0.2, -0.15) is 4.98 Å². The van der Waals surface area contributed by atoms with E-state index in [1.807, 2.05) is 6.07 Å². The smallest absolute Gasteiger partial charge is 0.265 e. The van der Waals surface area contributed by atoms with Gasteiger partial charge in [-0.15, -0.1) is 0 Å². The number of aryl methyl sites for hydroxylation is 1. The van der Waals surface area contributed by atoms with E-state index in [1.165, 1.54) is 18.4 Å². The number of aromatic hydroxyl groups is 1. The van der Waals surface area contributed by atoms with E-state index in [0.717, 1.165) is 24.9 Å². The zero-order valence-electron chi connectivity index (χ0n) is 21.7. The Balaban J connectivity index is 1.73. The van der Waals surface area contributed by atoms with Crippen molar-refractivity contribution in [2.24, 2.45) is 0 Å². The molecule has 0 amide bonds. The Morgan fingerprint density at radius 3 is 2.31 bits per heavy atom. The highest BCUT2D eigenvalue weighted by atomic mass is 16.5. The minimum absolute atomic E-state index is 0.216. The number of hydrogen-bond donors (Lipinski definition) is 2. The molecule has 0 aliphatic heterocycles. The van der Waals surface area contributed by atoms with Crippen LogP contribution in [0.4, 0.5) is 0 Å². The molecule has 7 nitrogen and oxygen atoms in total. The molecule has 1 heterocycles. The van der Waals surface area contributed by atoms with Gasteiger partial charge in [0.2, 0.25) is 5.88 Å². The van der Waals surface area contributed by atoms with Gasteiger partial charge < -0.3 is 19.9 Å². The molecule has 1 saturated carbocycles. The van der Waals surface area contributed by atoms with Crippen LogP contribution in [0.1, 0.15) is 68.0 Å². The normalized spacial score (nSPS) is 17.0. The van der Waals surface area contributed by atoms with Crippen LogP contribution in [-0.4, -0.2) is 41.5 Å². The summed E-state index contributed by atoms with van der Waals surface area (Å²) in [4.78, 5) is 18.4. The number of likely N-dealkylation sites (N-methyl/N-ethyl adjacent to an activating group) is 1. The number of benzene rings is 2. The predicted octanol–water partition coefficient (Wildman–Crippen LogP) is 4.74. The Hall–Kier alpha value is -3.32. The zero-order chi connectivity index (χ0) is 25.7. The van der Waals surface area contributed by atoms with Crippen molar-refractivity contribution in [1.29, 1.82) is 0 Å². The lowest BCUT2D eigenvalue weighted by Gasteiger charge is -2.37. The Kier molecular flexibility index (Phi) is 8.31. The second kappa shape index (κ2) is 11.6. The van der Waals surface area contributed by atoms with Crippen molar-refractivity contribution < 1.29 is 14.6 Å². The fraction of sp³-hybridized carbons (Fsp3) is 0.448. The van der Waals surface area contributed by atoms with E-state index >= 15 is 0 Å². The summed E-state index contributed by atoms with van der Waals surface area (Å²) >= 11 is 0. The topological polar surface area (TPSA) is 85.6 Å². The molecule has 2 unspecified atom stereocenters. The molecule has 1 aromatic heterocycles. The summed E-state index contributed by atoms with van der Waals surface area (Å²) in [5, 5.41) is 14.4. The lowest BCUT2D eigenvalue weighted by Crippen LogP contribution is -2.42. The minimum Gasteiger partial charge on any atom is -0.494 e. The van der Waals surface area contributed by atoms with Crippen molar-refractivity contribution in [3.8, 4) is 23.1 Å². The van der Waals surface area contributed by atoms with Crippen LogP contribution in [0.15, 0.2) is 47.3 Å². The number of nitrogens with zero attached hydrogens (tertiary/aromatic N) is 2. The van der Waals surface area contributed by atoms with Crippen molar-refractivity contribution in [1.82, 2.24) is 14.9 Å². The summed E-state index contributed by atoms with van der Waals surface area (Å²) in [6.45, 7) is 5.19. The van der Waals surface area contributed by atoms with Crippen molar-refractivity contribution in [2.45, 2.75) is 64.3 Å². The quantitative estimate of drug-likeness (QED) is 0.403. The van der Waals surface area contributed by atoms with Crippen LogP contribution in [0.3, 0.4) is 0 Å². The van der Waals surface area contributed by atoms with Gasteiger partial charge in [-0.1, -0.05) is 50.6 Å². The molecule has 2 aromatic carbocycles. The maximum Gasteiger partial charge on any atom is 0.265 e. The lowest BCUT2D eigenvalue weighted by molar-refractivity contribution is 0.289. The van der Waals surface area contributed by atoms with E-state index in [9.17, 15) is 9.90 Å². The van der Waals surface area contributed by atoms with Crippen molar-refractivity contribution in [3.63, 3.8) is 0 Å². The number of aromatic nitrogens is 2. The SMILES string of the molecule is CCCCc1nc(O)c(Cc2ccc(C3CCC3NCC)cc2)c(=O)n1-c1c(OC)cccc1OC. The number of methoxy groups -OCH3 is 2. The minimum atomic E-state index is -0.313. The third-order valence-electron chi connectivity index (χ3n) is 7.13. The summed E-state index contributed by atoms with van der Waals surface area (Å²) in [7, 11) is 3.13. The number of ether oxygens (including phenoxy) is 2. The molecular weight excluding hydrogens is 454 g/mol. The van der Waals surface area contributed by atoms with Gasteiger partial charge in [-0.25, -0.2) is 0 Å². The Labute approximate surface area is 213 Å². The summed E-state index contributed by atoms with van der Waals surface area (Å²) < 4.78 is 12.7. The molecule has 0 saturated heterocycles. The van der Waals surface area contributed by atoms with E-state index in [4.69, 9.17) is 9.47 Å². The first kappa shape index (κ1) is 25.8. The maximum atomic E-state index is 13.9. The van der Waals surface area contributed by atoms with Gasteiger partial charge in [0, 0.05) is 18.9 Å². The fourth-order valence-electron chi connectivity index (χ4n) is 5.02. The summed E-state index contributed by atoms with van der Waals surface area (Å²) in [5.41, 5.74) is 2.70. The average molecular weight is 492 g/mol. The molecule has 2 N–H and O–H groups in total. The van der Waals surface area contributed by atoms with E-state index in [0.29, 0.717) is 41.4 Å². The molecule has 0 bridgehead atoms. The molecule has 1 aliphatic rings. The molecular formula is C29H37N3O4. The Bertz CT molecular complexity index is 1210. The van der Waals surface area contributed by atoms with E-state index < -0.39 is 0 Å². The van der Waals surface area contributed by atoms with Crippen LogP contribution in [0, 0.1) is 0 Å². The summed E-state index contributed by atoms with van der Waals surface area (Å²) in [5.74, 6) is 1.81. The Morgan fingerprint density at radius 1 is 1.06 bits per heavy atom. The second-order valence-corrected chi connectivity index (χ2v) is 9.35. The van der Waals surface area contributed by atoms with Crippen molar-refractivity contribution >= 4 is 0 Å². The van der Waals surface area contributed by atoms with E-state index in [-0.39, 0.29) is 23.4 Å². The average Bonchev–Trinajstić information content (AvgIpc) is 2.88. The number of nitrogens with one attached hydrogen (secondary N) is 1. The van der Waals surface area contributed by atoms with Crippen LogP contribution in [0.2, 0.25) is 0 Å². The first-order valence-electron chi connectivity index (χ1n) is 12.9. The lowest BCUT2D eigenvalue weighted by atomic mass is 9.75. The maximum absolute atomic E-state index is 13.9. The van der Waals surface area contributed by atoms with Gasteiger partial charge >= 0.3 is 0 Å². The number of rotatable bonds is 11. The number of unbranched alkanes of at least 4 members (excludes halogenated alkanes) is 1. The molecule has 1 aliphatic carbocycles. The molecule has 0 radical (unpaired) electrons. The molecule has 0 spiro atoms. The van der Waals surface area contributed by atoms with Crippen LogP contribution < -0.4 is 20.3 Å². The van der Waals surface area contributed by atoms with Gasteiger partial charge in [-0.05, 0) is 55.0 Å². The van der Waals surface area contributed by atoms with Gasteiger partial charge in [0.25, 0.3) is 5.56 Å². The molecule has 7 heteroatoms. The van der Waals surface area contributed by atoms with Gasteiger partial charge in [0.05, 0.1) is 19.8 Å². The third kappa shape index (κ3) is 5.12. The van der Waals surface area contributed by atoms with Crippen LogP contribution in [0.5, 0.6) is 17.4 Å². The fourth-order valence-corrected chi connectivity index (χ4v) is 5.02.